The molecule has 0 N–H and O–H groups in total. The van der Waals surface area contributed by atoms with Gasteiger partial charge in [-0.3, -0.25) is 0 Å². The van der Waals surface area contributed by atoms with E-state index in [9.17, 15) is 4.79 Å². The Morgan fingerprint density at radius 3 is 2.56 bits per heavy atom. The Morgan fingerprint density at radius 1 is 1.31 bits per heavy atom. The molecule has 0 aliphatic heterocycles. The van der Waals surface area contributed by atoms with Crippen LogP contribution in [0.15, 0.2) is 14.3 Å². The van der Waals surface area contributed by atoms with Crippen LogP contribution in [-0.2, 0) is 4.74 Å². The first-order chi connectivity index (χ1) is 7.66. The van der Waals surface area contributed by atoms with E-state index in [0.29, 0.717) is 4.88 Å². The number of hydrogen-bond donors (Lipinski definition) is 0. The van der Waals surface area contributed by atoms with Crippen molar-refractivity contribution in [2.24, 2.45) is 0 Å². The van der Waals surface area contributed by atoms with E-state index in [1.165, 1.54) is 30.6 Å². The highest BCUT2D eigenvalue weighted by Gasteiger charge is 2.20. The second-order valence-electron chi connectivity index (χ2n) is 3.90. The molecule has 0 spiro atoms. The molecule has 0 saturated heterocycles. The molecule has 1 heterocycles. The molecule has 1 aromatic rings. The summed E-state index contributed by atoms with van der Waals surface area (Å²) in [5.74, 6) is -0.191. The summed E-state index contributed by atoms with van der Waals surface area (Å²) in [5.41, 5.74) is 0. The average molecular weight is 368 g/mol. The second-order valence-corrected chi connectivity index (χ2v) is 7.12. The number of carbonyl (C=O) groups excluding carboxylic acids is 1. The van der Waals surface area contributed by atoms with E-state index < -0.39 is 0 Å². The second kappa shape index (κ2) is 5.65. The third-order valence-corrected chi connectivity index (χ3v) is 5.91. The van der Waals surface area contributed by atoms with E-state index in [-0.39, 0.29) is 12.1 Å². The lowest BCUT2D eigenvalue weighted by Crippen LogP contribution is -2.20. The first kappa shape index (κ1) is 12.6. The van der Waals surface area contributed by atoms with Gasteiger partial charge in [0.05, 0.1) is 3.79 Å². The number of rotatable bonds is 2. The van der Waals surface area contributed by atoms with Gasteiger partial charge in [0.1, 0.15) is 11.0 Å². The third kappa shape index (κ3) is 3.08. The maximum absolute atomic E-state index is 11.8. The van der Waals surface area contributed by atoms with Crippen molar-refractivity contribution in [2.75, 3.05) is 0 Å². The van der Waals surface area contributed by atoms with Gasteiger partial charge < -0.3 is 4.74 Å². The van der Waals surface area contributed by atoms with Crippen LogP contribution in [0.3, 0.4) is 0 Å². The Morgan fingerprint density at radius 2 is 2.00 bits per heavy atom. The summed E-state index contributed by atoms with van der Waals surface area (Å²) in [5, 5.41) is 0. The predicted octanol–water partition coefficient (Wildman–Crippen LogP) is 4.76. The highest BCUT2D eigenvalue weighted by atomic mass is 79.9. The van der Waals surface area contributed by atoms with Crippen LogP contribution in [0.25, 0.3) is 0 Å². The predicted molar refractivity (Wildman–Crippen MR) is 72.0 cm³/mol. The lowest BCUT2D eigenvalue weighted by molar-refractivity contribution is 0.0217. The number of thiophene rings is 1. The summed E-state index contributed by atoms with van der Waals surface area (Å²) >= 11 is 8.15. The summed E-state index contributed by atoms with van der Waals surface area (Å²) in [7, 11) is 0. The van der Waals surface area contributed by atoms with Gasteiger partial charge in [-0.1, -0.05) is 6.42 Å². The minimum absolute atomic E-state index is 0.126. The van der Waals surface area contributed by atoms with Gasteiger partial charge in [0.2, 0.25) is 0 Å². The van der Waals surface area contributed by atoms with Gasteiger partial charge in [-0.25, -0.2) is 4.79 Å². The summed E-state index contributed by atoms with van der Waals surface area (Å²) in [4.78, 5) is 12.5. The molecule has 88 valence electrons. The molecule has 0 radical (unpaired) electrons. The van der Waals surface area contributed by atoms with Crippen LogP contribution in [0.4, 0.5) is 0 Å². The molecule has 1 aromatic heterocycles. The van der Waals surface area contributed by atoms with Gasteiger partial charge in [0.25, 0.3) is 0 Å². The molecule has 1 saturated carbocycles. The number of halogens is 2. The van der Waals surface area contributed by atoms with Gasteiger partial charge in [-0.05, 0) is 63.6 Å². The standard InChI is InChI=1S/C11H12Br2O2S/c12-8-6-9(16-10(8)13)11(14)15-7-4-2-1-3-5-7/h6-7H,1-5H2. The first-order valence-electron chi connectivity index (χ1n) is 5.32. The van der Waals surface area contributed by atoms with Crippen LogP contribution in [-0.4, -0.2) is 12.1 Å². The van der Waals surface area contributed by atoms with E-state index in [2.05, 4.69) is 31.9 Å². The highest BCUT2D eigenvalue weighted by Crippen LogP contribution is 2.33. The molecule has 2 rings (SSSR count). The van der Waals surface area contributed by atoms with E-state index in [0.717, 1.165) is 21.1 Å². The molecule has 2 nitrogen and oxygen atoms in total. The molecule has 0 unspecified atom stereocenters. The molecule has 16 heavy (non-hydrogen) atoms. The van der Waals surface area contributed by atoms with E-state index in [4.69, 9.17) is 4.74 Å². The van der Waals surface area contributed by atoms with Gasteiger partial charge in [0.15, 0.2) is 0 Å². The Labute approximate surface area is 116 Å². The molecule has 0 amide bonds. The zero-order valence-corrected chi connectivity index (χ0v) is 12.7. The molecule has 1 fully saturated rings. The van der Waals surface area contributed by atoms with Gasteiger partial charge in [-0.15, -0.1) is 11.3 Å². The summed E-state index contributed by atoms with van der Waals surface area (Å²) in [6.45, 7) is 0. The van der Waals surface area contributed by atoms with Crippen molar-refractivity contribution in [1.82, 2.24) is 0 Å². The van der Waals surface area contributed by atoms with Crippen LogP contribution >= 0.6 is 43.2 Å². The largest absolute Gasteiger partial charge is 0.458 e. The Balaban J connectivity index is 1.96. The van der Waals surface area contributed by atoms with Crippen molar-refractivity contribution < 1.29 is 9.53 Å². The highest BCUT2D eigenvalue weighted by molar-refractivity contribution is 9.13. The van der Waals surface area contributed by atoms with E-state index >= 15 is 0 Å². The van der Waals surface area contributed by atoms with Crippen molar-refractivity contribution >= 4 is 49.2 Å². The molecule has 1 aliphatic rings. The zero-order chi connectivity index (χ0) is 11.5. The first-order valence-corrected chi connectivity index (χ1v) is 7.73. The average Bonchev–Trinajstić information content (AvgIpc) is 2.61. The molecule has 1 aliphatic carbocycles. The zero-order valence-electron chi connectivity index (χ0n) is 8.67. The molecular weight excluding hydrogens is 356 g/mol. The fourth-order valence-electron chi connectivity index (χ4n) is 1.84. The molecule has 0 aromatic carbocycles. The van der Waals surface area contributed by atoms with Gasteiger partial charge in [0, 0.05) is 4.47 Å². The topological polar surface area (TPSA) is 26.3 Å². The lowest BCUT2D eigenvalue weighted by Gasteiger charge is -2.21. The fraction of sp³-hybridized carbons (Fsp3) is 0.545. The maximum atomic E-state index is 11.8. The number of ether oxygens (including phenoxy) is 1. The lowest BCUT2D eigenvalue weighted by atomic mass is 9.98. The van der Waals surface area contributed by atoms with Gasteiger partial charge in [-0.2, -0.15) is 0 Å². The third-order valence-electron chi connectivity index (χ3n) is 2.67. The summed E-state index contributed by atoms with van der Waals surface area (Å²) < 4.78 is 7.32. The van der Waals surface area contributed by atoms with Crippen molar-refractivity contribution in [3.05, 3.63) is 19.2 Å². The maximum Gasteiger partial charge on any atom is 0.348 e. The number of carbonyl (C=O) groups is 1. The van der Waals surface area contributed by atoms with Crippen LogP contribution < -0.4 is 0 Å². The SMILES string of the molecule is O=C(OC1CCCCC1)c1cc(Br)c(Br)s1. The molecule has 5 heteroatoms. The smallest absolute Gasteiger partial charge is 0.348 e. The molecular formula is C11H12Br2O2S. The van der Waals surface area contributed by atoms with E-state index in [1.54, 1.807) is 6.07 Å². The van der Waals surface area contributed by atoms with Crippen LogP contribution in [0.5, 0.6) is 0 Å². The van der Waals surface area contributed by atoms with Crippen LogP contribution in [0.2, 0.25) is 0 Å². The Hall–Kier alpha value is 0.130. The number of esters is 1. The Bertz CT molecular complexity index is 364. The Kier molecular flexibility index (Phi) is 4.44. The molecule has 0 atom stereocenters. The molecule has 0 bridgehead atoms. The van der Waals surface area contributed by atoms with Crippen LogP contribution in [0.1, 0.15) is 41.8 Å². The summed E-state index contributed by atoms with van der Waals surface area (Å²) in [6.07, 6.45) is 5.77. The minimum Gasteiger partial charge on any atom is -0.458 e. The van der Waals surface area contributed by atoms with Crippen molar-refractivity contribution in [1.29, 1.82) is 0 Å². The van der Waals surface area contributed by atoms with Crippen LogP contribution in [0, 0.1) is 0 Å². The van der Waals surface area contributed by atoms with Gasteiger partial charge >= 0.3 is 5.97 Å². The van der Waals surface area contributed by atoms with Crippen molar-refractivity contribution in [2.45, 2.75) is 38.2 Å². The van der Waals surface area contributed by atoms with Crippen molar-refractivity contribution in [3.63, 3.8) is 0 Å². The fourth-order valence-corrected chi connectivity index (χ4v) is 3.76. The quantitative estimate of drug-likeness (QED) is 0.704. The van der Waals surface area contributed by atoms with Crippen molar-refractivity contribution in [3.8, 4) is 0 Å². The monoisotopic (exact) mass is 366 g/mol. The van der Waals surface area contributed by atoms with E-state index in [1.807, 2.05) is 0 Å². The minimum atomic E-state index is -0.191. The normalized spacial score (nSPS) is 17.4. The summed E-state index contributed by atoms with van der Waals surface area (Å²) in [6, 6.07) is 1.81. The number of hydrogen-bond acceptors (Lipinski definition) is 3.